The van der Waals surface area contributed by atoms with Gasteiger partial charge < -0.3 is 19.3 Å². The third-order valence-electron chi connectivity index (χ3n) is 6.89. The molecule has 0 spiro atoms. The number of halogens is 1. The zero-order valence-electron chi connectivity index (χ0n) is 26.8. The third kappa shape index (κ3) is 7.79. The van der Waals surface area contributed by atoms with Gasteiger partial charge >= 0.3 is 12.2 Å². The summed E-state index contributed by atoms with van der Waals surface area (Å²) in [5, 5.41) is 1.43. The quantitative estimate of drug-likeness (QED) is 0.206. The number of nitrogens with zero attached hydrogens (tertiary/aromatic N) is 3. The van der Waals surface area contributed by atoms with Crippen molar-refractivity contribution in [3.8, 4) is 0 Å². The summed E-state index contributed by atoms with van der Waals surface area (Å²) < 4.78 is 11.3. The number of anilines is 2. The minimum Gasteiger partial charge on any atom is -0.443 e. The molecule has 1 heterocycles. The van der Waals surface area contributed by atoms with E-state index >= 15 is 0 Å². The van der Waals surface area contributed by atoms with Crippen LogP contribution in [0.1, 0.15) is 64.2 Å². The highest BCUT2D eigenvalue weighted by atomic mass is 35.5. The molecule has 0 aliphatic carbocycles. The zero-order valence-corrected chi connectivity index (χ0v) is 27.6. The molecule has 0 aromatic heterocycles. The van der Waals surface area contributed by atoms with E-state index in [2.05, 4.69) is 4.90 Å². The van der Waals surface area contributed by atoms with Crippen molar-refractivity contribution in [2.24, 2.45) is 0 Å². The lowest BCUT2D eigenvalue weighted by atomic mass is 9.94. The molecular weight excluding hydrogens is 578 g/mol. The second kappa shape index (κ2) is 13.0. The SMILES string of the molecule is CN(C)Cc1ccc(C=CC(=O)N2CC(CCl)c3c2cc(N(C(=O)OC(C)(C)C)C(=O)OC(C)(C)C)c2ccccc32)cc1. The zero-order chi connectivity index (χ0) is 32.4. The molecule has 8 nitrogen and oxygen atoms in total. The maximum Gasteiger partial charge on any atom is 0.424 e. The van der Waals surface area contributed by atoms with Crippen LogP contribution in [0.15, 0.2) is 60.7 Å². The fourth-order valence-electron chi connectivity index (χ4n) is 5.19. The molecule has 9 heteroatoms. The molecule has 1 aliphatic heterocycles. The lowest BCUT2D eigenvalue weighted by molar-refractivity contribution is -0.114. The lowest BCUT2D eigenvalue weighted by Crippen LogP contribution is -2.44. The topological polar surface area (TPSA) is 79.4 Å². The molecule has 234 valence electrons. The smallest absolute Gasteiger partial charge is 0.424 e. The first-order valence-electron chi connectivity index (χ1n) is 14.7. The number of benzene rings is 3. The Kier molecular flexibility index (Phi) is 9.76. The number of hydrogen-bond acceptors (Lipinski definition) is 6. The molecule has 4 rings (SSSR count). The molecule has 44 heavy (non-hydrogen) atoms. The number of fused-ring (bicyclic) bond motifs is 3. The summed E-state index contributed by atoms with van der Waals surface area (Å²) in [5.74, 6) is -0.0951. The second-order valence-corrected chi connectivity index (χ2v) is 13.6. The van der Waals surface area contributed by atoms with Crippen molar-refractivity contribution in [1.82, 2.24) is 4.90 Å². The van der Waals surface area contributed by atoms with Gasteiger partial charge in [0.15, 0.2) is 0 Å². The summed E-state index contributed by atoms with van der Waals surface area (Å²) in [6, 6.07) is 17.2. The van der Waals surface area contributed by atoms with Crippen molar-refractivity contribution in [3.05, 3.63) is 77.4 Å². The van der Waals surface area contributed by atoms with Crippen molar-refractivity contribution in [2.75, 3.05) is 36.3 Å². The highest BCUT2D eigenvalue weighted by Gasteiger charge is 2.38. The van der Waals surface area contributed by atoms with Gasteiger partial charge in [0.25, 0.3) is 5.91 Å². The van der Waals surface area contributed by atoms with Gasteiger partial charge in [-0.15, -0.1) is 11.6 Å². The normalized spacial score (nSPS) is 15.1. The van der Waals surface area contributed by atoms with Gasteiger partial charge in [-0.25, -0.2) is 9.59 Å². The van der Waals surface area contributed by atoms with E-state index in [1.54, 1.807) is 58.6 Å². The van der Waals surface area contributed by atoms with Gasteiger partial charge in [-0.3, -0.25) is 4.79 Å². The van der Waals surface area contributed by atoms with Gasteiger partial charge in [0, 0.05) is 36.3 Å². The maximum atomic E-state index is 13.7. The molecule has 1 unspecified atom stereocenters. The molecule has 1 atom stereocenters. The Morgan fingerprint density at radius 3 is 2.00 bits per heavy atom. The number of hydrogen-bond donors (Lipinski definition) is 0. The highest BCUT2D eigenvalue weighted by molar-refractivity contribution is 6.20. The fourth-order valence-corrected chi connectivity index (χ4v) is 5.44. The van der Waals surface area contributed by atoms with Crippen molar-refractivity contribution < 1.29 is 23.9 Å². The number of carbonyl (C=O) groups excluding carboxylic acids is 3. The van der Waals surface area contributed by atoms with E-state index in [0.717, 1.165) is 28.0 Å². The van der Waals surface area contributed by atoms with Crippen molar-refractivity contribution >= 4 is 57.9 Å². The van der Waals surface area contributed by atoms with Crippen LogP contribution in [-0.2, 0) is 20.8 Å². The molecule has 3 aromatic rings. The van der Waals surface area contributed by atoms with E-state index < -0.39 is 23.4 Å². The number of ether oxygens (including phenoxy) is 2. The Balaban J connectivity index is 1.81. The van der Waals surface area contributed by atoms with Crippen LogP contribution in [0.5, 0.6) is 0 Å². The molecule has 0 saturated heterocycles. The van der Waals surface area contributed by atoms with Crippen LogP contribution < -0.4 is 9.80 Å². The van der Waals surface area contributed by atoms with Crippen molar-refractivity contribution in [1.29, 1.82) is 0 Å². The molecule has 3 aromatic carbocycles. The highest BCUT2D eigenvalue weighted by Crippen LogP contribution is 2.46. The van der Waals surface area contributed by atoms with Gasteiger partial charge in [0.05, 0.1) is 11.4 Å². The van der Waals surface area contributed by atoms with Crippen LogP contribution in [0.25, 0.3) is 16.8 Å². The maximum absolute atomic E-state index is 13.7. The summed E-state index contributed by atoms with van der Waals surface area (Å²) >= 11 is 6.46. The molecule has 3 amide bonds. The Labute approximate surface area is 265 Å². The van der Waals surface area contributed by atoms with Crippen LogP contribution in [-0.4, -0.2) is 60.7 Å². The second-order valence-electron chi connectivity index (χ2n) is 13.3. The Morgan fingerprint density at radius 2 is 1.48 bits per heavy atom. The molecule has 1 aliphatic rings. The average Bonchev–Trinajstić information content (AvgIpc) is 3.29. The summed E-state index contributed by atoms with van der Waals surface area (Å²) in [6.07, 6.45) is 1.57. The lowest BCUT2D eigenvalue weighted by Gasteiger charge is -2.30. The summed E-state index contributed by atoms with van der Waals surface area (Å²) in [4.78, 5) is 45.6. The van der Waals surface area contributed by atoms with E-state index in [1.165, 1.54) is 11.6 Å². The van der Waals surface area contributed by atoms with Gasteiger partial charge in [-0.05, 0) is 89.9 Å². The summed E-state index contributed by atoms with van der Waals surface area (Å²) in [5.41, 5.74) is 2.07. The molecule has 0 bridgehead atoms. The van der Waals surface area contributed by atoms with Gasteiger partial charge in [-0.1, -0.05) is 48.5 Å². The minimum absolute atomic E-state index is 0.148. The van der Waals surface area contributed by atoms with Gasteiger partial charge in [0.1, 0.15) is 11.2 Å². The molecular formula is C35H42ClN3O5. The van der Waals surface area contributed by atoms with E-state index in [4.69, 9.17) is 21.1 Å². The predicted octanol–water partition coefficient (Wildman–Crippen LogP) is 7.96. The average molecular weight is 620 g/mol. The van der Waals surface area contributed by atoms with E-state index in [-0.39, 0.29) is 17.5 Å². The number of amides is 3. The standard InChI is InChI=1S/C35H42ClN3O5/c1-34(2,3)43-32(41)39(33(42)44-35(4,5)6)28-19-29-31(27-12-10-9-11-26(27)28)25(20-36)22-38(29)30(40)18-17-23-13-15-24(16-14-23)21-37(7)8/h9-19,25H,20-22H2,1-8H3. The first-order valence-corrected chi connectivity index (χ1v) is 15.2. The number of imide groups is 1. The minimum atomic E-state index is -0.876. The Hall–Kier alpha value is -3.88. The molecule has 0 N–H and O–H groups in total. The van der Waals surface area contributed by atoms with Crippen LogP contribution in [0.3, 0.4) is 0 Å². The van der Waals surface area contributed by atoms with E-state index in [0.29, 0.717) is 23.5 Å². The summed E-state index contributed by atoms with van der Waals surface area (Å²) in [6.45, 7) is 11.6. The number of carbonyl (C=O) groups is 3. The largest absolute Gasteiger partial charge is 0.443 e. The first-order chi connectivity index (χ1) is 20.6. The van der Waals surface area contributed by atoms with Crippen molar-refractivity contribution in [2.45, 2.75) is 65.2 Å². The molecule has 0 saturated carbocycles. The van der Waals surface area contributed by atoms with Gasteiger partial charge in [-0.2, -0.15) is 4.90 Å². The Morgan fingerprint density at radius 1 is 0.909 bits per heavy atom. The summed E-state index contributed by atoms with van der Waals surface area (Å²) in [7, 11) is 4.03. The number of rotatable bonds is 6. The molecule has 0 radical (unpaired) electrons. The third-order valence-corrected chi connectivity index (χ3v) is 7.26. The first kappa shape index (κ1) is 33.0. The Bertz CT molecular complexity index is 1540. The van der Waals surface area contributed by atoms with Crippen LogP contribution in [0.2, 0.25) is 0 Å². The van der Waals surface area contributed by atoms with Crippen LogP contribution in [0.4, 0.5) is 21.0 Å². The predicted molar refractivity (Wildman–Crippen MR) is 178 cm³/mol. The van der Waals surface area contributed by atoms with Crippen molar-refractivity contribution in [3.63, 3.8) is 0 Å². The van der Waals surface area contributed by atoms with E-state index in [9.17, 15) is 14.4 Å². The van der Waals surface area contributed by atoms with Crippen LogP contribution in [0, 0.1) is 0 Å². The fraction of sp³-hybridized carbons (Fsp3) is 0.400. The molecule has 0 fully saturated rings. The van der Waals surface area contributed by atoms with Crippen LogP contribution >= 0.6 is 11.6 Å². The van der Waals surface area contributed by atoms with E-state index in [1.807, 2.05) is 62.6 Å². The number of alkyl halides is 1. The van der Waals surface area contributed by atoms with Gasteiger partial charge in [0.2, 0.25) is 0 Å². The monoisotopic (exact) mass is 619 g/mol.